The van der Waals surface area contributed by atoms with E-state index in [1.165, 1.54) is 11.8 Å². The number of urea groups is 1. The fourth-order valence-electron chi connectivity index (χ4n) is 2.14. The predicted octanol–water partition coefficient (Wildman–Crippen LogP) is 3.46. The quantitative estimate of drug-likeness (QED) is 0.816. The predicted molar refractivity (Wildman–Crippen MR) is 95.6 cm³/mol. The van der Waals surface area contributed by atoms with Gasteiger partial charge in [0.25, 0.3) is 0 Å². The van der Waals surface area contributed by atoms with Gasteiger partial charge in [-0.25, -0.2) is 4.79 Å². The number of nitrogens with zero attached hydrogens (tertiary/aromatic N) is 1. The number of ether oxygens (including phenoxy) is 2. The van der Waals surface area contributed by atoms with Crippen LogP contribution in [0.2, 0.25) is 0 Å². The van der Waals surface area contributed by atoms with E-state index in [1.807, 2.05) is 30.3 Å². The summed E-state index contributed by atoms with van der Waals surface area (Å²) in [5, 5.41) is 2.75. The second kappa shape index (κ2) is 8.73. The summed E-state index contributed by atoms with van der Waals surface area (Å²) in [6.07, 6.45) is -0.501. The molecule has 0 aliphatic heterocycles. The molecule has 0 saturated carbocycles. The Balaban J connectivity index is 2.05. The minimum Gasteiger partial charge on any atom is -0.489 e. The highest BCUT2D eigenvalue weighted by atomic mass is 16.6. The Labute approximate surface area is 147 Å². The Hall–Kier alpha value is -3.02. The number of benzene rings is 2. The summed E-state index contributed by atoms with van der Waals surface area (Å²) < 4.78 is 11.1. The molecular formula is C19H22N2O4. The number of carbonyl (C=O) groups excluding carboxylic acids is 2. The lowest BCUT2D eigenvalue weighted by Gasteiger charge is -2.18. The molecule has 2 aromatic carbocycles. The summed E-state index contributed by atoms with van der Waals surface area (Å²) in [6.45, 7) is 1.54. The monoisotopic (exact) mass is 342 g/mol. The van der Waals surface area contributed by atoms with Gasteiger partial charge in [-0.3, -0.25) is 4.79 Å². The fourth-order valence-corrected chi connectivity index (χ4v) is 2.14. The largest absolute Gasteiger partial charge is 0.489 e. The third-order valence-electron chi connectivity index (χ3n) is 3.37. The van der Waals surface area contributed by atoms with Gasteiger partial charge in [-0.05, 0) is 17.7 Å². The molecule has 1 atom stereocenters. The van der Waals surface area contributed by atoms with E-state index < -0.39 is 6.10 Å². The summed E-state index contributed by atoms with van der Waals surface area (Å²) in [6, 6.07) is 16.2. The van der Waals surface area contributed by atoms with Crippen molar-refractivity contribution in [2.75, 3.05) is 26.0 Å². The van der Waals surface area contributed by atoms with Crippen LogP contribution in [0.5, 0.6) is 5.75 Å². The average Bonchev–Trinajstić information content (AvgIpc) is 2.59. The van der Waals surface area contributed by atoms with Crippen LogP contribution < -0.4 is 10.1 Å². The zero-order chi connectivity index (χ0) is 18.2. The minimum absolute atomic E-state index is 0.175. The molecule has 132 valence electrons. The summed E-state index contributed by atoms with van der Waals surface area (Å²) in [7, 11) is 3.33. The van der Waals surface area contributed by atoms with E-state index in [9.17, 15) is 9.59 Å². The molecule has 0 fully saturated rings. The number of hydrogen-bond acceptors (Lipinski definition) is 4. The van der Waals surface area contributed by atoms with E-state index in [-0.39, 0.29) is 18.6 Å². The number of carbonyl (C=O) groups is 2. The first-order valence-corrected chi connectivity index (χ1v) is 7.89. The van der Waals surface area contributed by atoms with Gasteiger partial charge >= 0.3 is 12.0 Å². The number of esters is 1. The highest BCUT2D eigenvalue weighted by Crippen LogP contribution is 2.22. The number of rotatable bonds is 6. The van der Waals surface area contributed by atoms with E-state index in [4.69, 9.17) is 9.47 Å². The van der Waals surface area contributed by atoms with Gasteiger partial charge < -0.3 is 19.7 Å². The van der Waals surface area contributed by atoms with Crippen LogP contribution in [0, 0.1) is 0 Å². The third-order valence-corrected chi connectivity index (χ3v) is 3.37. The van der Waals surface area contributed by atoms with E-state index in [1.54, 1.807) is 38.4 Å². The zero-order valence-corrected chi connectivity index (χ0v) is 14.6. The van der Waals surface area contributed by atoms with Crippen LogP contribution in [0.15, 0.2) is 54.6 Å². The molecule has 1 N–H and O–H groups in total. The average molecular weight is 342 g/mol. The molecule has 6 nitrogen and oxygen atoms in total. The standard InChI is InChI=1S/C19H22N2O4/c1-14(22)25-18(15-8-5-4-6-9-15)13-24-17-11-7-10-16(12-17)20-19(23)21(2)3/h4-12,18H,13H2,1-3H3,(H,20,23). The lowest BCUT2D eigenvalue weighted by atomic mass is 10.1. The van der Waals surface area contributed by atoms with Crippen LogP contribution in [-0.2, 0) is 9.53 Å². The zero-order valence-electron chi connectivity index (χ0n) is 14.6. The molecule has 0 aliphatic carbocycles. The van der Waals surface area contributed by atoms with Crippen molar-refractivity contribution in [3.05, 3.63) is 60.2 Å². The van der Waals surface area contributed by atoms with E-state index >= 15 is 0 Å². The first-order chi connectivity index (χ1) is 12.0. The summed E-state index contributed by atoms with van der Waals surface area (Å²) in [5.74, 6) is 0.203. The summed E-state index contributed by atoms with van der Waals surface area (Å²) >= 11 is 0. The molecule has 1 unspecified atom stereocenters. The SMILES string of the molecule is CC(=O)OC(COc1cccc(NC(=O)N(C)C)c1)c1ccccc1. The van der Waals surface area contributed by atoms with Crippen LogP contribution >= 0.6 is 0 Å². The van der Waals surface area contributed by atoms with Crippen molar-refractivity contribution in [2.45, 2.75) is 13.0 Å². The van der Waals surface area contributed by atoms with Crippen molar-refractivity contribution in [1.82, 2.24) is 4.90 Å². The Morgan fingerprint density at radius 1 is 1.08 bits per heavy atom. The molecule has 2 amide bonds. The Morgan fingerprint density at radius 3 is 2.44 bits per heavy atom. The van der Waals surface area contributed by atoms with Crippen LogP contribution in [0.4, 0.5) is 10.5 Å². The summed E-state index contributed by atoms with van der Waals surface area (Å²) in [5.41, 5.74) is 1.48. The molecule has 0 aromatic heterocycles. The van der Waals surface area contributed by atoms with Gasteiger partial charge in [0, 0.05) is 32.8 Å². The highest BCUT2D eigenvalue weighted by Gasteiger charge is 2.15. The fraction of sp³-hybridized carbons (Fsp3) is 0.263. The van der Waals surface area contributed by atoms with Crippen LogP contribution in [-0.4, -0.2) is 37.6 Å². The molecule has 0 aliphatic rings. The Kier molecular flexibility index (Phi) is 6.39. The number of anilines is 1. The minimum atomic E-state index is -0.501. The molecule has 0 spiro atoms. The molecule has 2 rings (SSSR count). The first-order valence-electron chi connectivity index (χ1n) is 7.89. The van der Waals surface area contributed by atoms with Gasteiger partial charge in [0.15, 0.2) is 6.10 Å². The van der Waals surface area contributed by atoms with Crippen molar-refractivity contribution in [1.29, 1.82) is 0 Å². The molecule has 0 radical (unpaired) electrons. The lowest BCUT2D eigenvalue weighted by molar-refractivity contribution is -0.148. The van der Waals surface area contributed by atoms with Gasteiger partial charge in [0.05, 0.1) is 0 Å². The number of nitrogens with one attached hydrogen (secondary N) is 1. The van der Waals surface area contributed by atoms with Crippen LogP contribution in [0.25, 0.3) is 0 Å². The second-order valence-electron chi connectivity index (χ2n) is 5.67. The summed E-state index contributed by atoms with van der Waals surface area (Å²) in [4.78, 5) is 24.5. The maximum atomic E-state index is 11.7. The Morgan fingerprint density at radius 2 is 1.80 bits per heavy atom. The van der Waals surface area contributed by atoms with Gasteiger partial charge in [-0.1, -0.05) is 36.4 Å². The maximum absolute atomic E-state index is 11.7. The first kappa shape index (κ1) is 18.3. The topological polar surface area (TPSA) is 67.9 Å². The molecule has 25 heavy (non-hydrogen) atoms. The highest BCUT2D eigenvalue weighted by molar-refractivity contribution is 5.89. The van der Waals surface area contributed by atoms with Crippen LogP contribution in [0.3, 0.4) is 0 Å². The Bertz CT molecular complexity index is 716. The normalized spacial score (nSPS) is 11.3. The number of amides is 2. The van der Waals surface area contributed by atoms with Crippen molar-refractivity contribution in [2.24, 2.45) is 0 Å². The van der Waals surface area contributed by atoms with Gasteiger partial charge in [-0.15, -0.1) is 0 Å². The molecular weight excluding hydrogens is 320 g/mol. The maximum Gasteiger partial charge on any atom is 0.321 e. The second-order valence-corrected chi connectivity index (χ2v) is 5.67. The molecule has 6 heteroatoms. The third kappa shape index (κ3) is 5.84. The van der Waals surface area contributed by atoms with Crippen molar-refractivity contribution >= 4 is 17.7 Å². The van der Waals surface area contributed by atoms with Gasteiger partial charge in [0.1, 0.15) is 12.4 Å². The molecule has 2 aromatic rings. The number of hydrogen-bond donors (Lipinski definition) is 1. The van der Waals surface area contributed by atoms with Crippen LogP contribution in [0.1, 0.15) is 18.6 Å². The molecule has 0 heterocycles. The van der Waals surface area contributed by atoms with Gasteiger partial charge in [0.2, 0.25) is 0 Å². The van der Waals surface area contributed by atoms with Gasteiger partial charge in [-0.2, -0.15) is 0 Å². The smallest absolute Gasteiger partial charge is 0.321 e. The molecule has 0 bridgehead atoms. The van der Waals surface area contributed by atoms with Crippen molar-refractivity contribution < 1.29 is 19.1 Å². The lowest BCUT2D eigenvalue weighted by Crippen LogP contribution is -2.27. The van der Waals surface area contributed by atoms with E-state index in [2.05, 4.69) is 5.32 Å². The van der Waals surface area contributed by atoms with E-state index in [0.717, 1.165) is 5.56 Å². The van der Waals surface area contributed by atoms with Crippen molar-refractivity contribution in [3.8, 4) is 5.75 Å². The van der Waals surface area contributed by atoms with E-state index in [0.29, 0.717) is 11.4 Å². The molecule has 0 saturated heterocycles. The van der Waals surface area contributed by atoms with Crippen molar-refractivity contribution in [3.63, 3.8) is 0 Å².